The van der Waals surface area contributed by atoms with Crippen molar-refractivity contribution in [3.05, 3.63) is 102 Å². The second-order valence-electron chi connectivity index (χ2n) is 4.94. The molecule has 0 aliphatic rings. The van der Waals surface area contributed by atoms with Crippen LogP contribution >= 0.6 is 11.8 Å². The third kappa shape index (κ3) is 3.52. The van der Waals surface area contributed by atoms with E-state index < -0.39 is 0 Å². The van der Waals surface area contributed by atoms with E-state index in [9.17, 15) is 0 Å². The molecule has 1 nitrogen and oxygen atoms in total. The molecule has 3 aromatic rings. The predicted molar refractivity (Wildman–Crippen MR) is 93.0 cm³/mol. The Bertz CT molecular complexity index is 653. The molecule has 3 aromatic carbocycles. The summed E-state index contributed by atoms with van der Waals surface area (Å²) in [6.45, 7) is 0. The van der Waals surface area contributed by atoms with Crippen molar-refractivity contribution < 1.29 is 4.74 Å². The number of ether oxygens (including phenoxy) is 1. The summed E-state index contributed by atoms with van der Waals surface area (Å²) in [5.41, 5.74) is 2.29. The van der Waals surface area contributed by atoms with Crippen molar-refractivity contribution in [3.63, 3.8) is 0 Å². The van der Waals surface area contributed by atoms with Crippen molar-refractivity contribution >= 4 is 11.8 Å². The van der Waals surface area contributed by atoms with E-state index in [0.29, 0.717) is 0 Å². The Morgan fingerprint density at radius 3 is 1.64 bits per heavy atom. The molecule has 0 aliphatic heterocycles. The Labute approximate surface area is 136 Å². The van der Waals surface area contributed by atoms with E-state index in [1.54, 1.807) is 0 Å². The number of rotatable bonds is 5. The van der Waals surface area contributed by atoms with E-state index in [1.807, 2.05) is 60.7 Å². The fourth-order valence-corrected chi connectivity index (χ4v) is 2.66. The highest BCUT2D eigenvalue weighted by Crippen LogP contribution is 2.29. The van der Waals surface area contributed by atoms with Gasteiger partial charge in [0.25, 0.3) is 0 Å². The smallest absolute Gasteiger partial charge is 0.149 e. The summed E-state index contributed by atoms with van der Waals surface area (Å²) in [4.78, 5) is 1.13. The molecule has 0 saturated heterocycles. The summed E-state index contributed by atoms with van der Waals surface area (Å²) in [7, 11) is 0. The SMILES string of the molecule is [CH2]Sc1ccc(OC(c2ccccc2)c2ccccc2)cc1. The van der Waals surface area contributed by atoms with E-state index in [0.717, 1.165) is 21.8 Å². The van der Waals surface area contributed by atoms with Gasteiger partial charge < -0.3 is 4.74 Å². The fraction of sp³-hybridized carbons (Fsp3) is 0.0500. The van der Waals surface area contributed by atoms with Crippen LogP contribution in [0.3, 0.4) is 0 Å². The van der Waals surface area contributed by atoms with Crippen molar-refractivity contribution in [2.24, 2.45) is 0 Å². The molecule has 0 unspecified atom stereocenters. The lowest BCUT2D eigenvalue weighted by molar-refractivity contribution is 0.247. The third-order valence-electron chi connectivity index (χ3n) is 3.45. The second-order valence-corrected chi connectivity index (χ2v) is 5.70. The van der Waals surface area contributed by atoms with E-state index in [2.05, 4.69) is 30.5 Å². The lowest BCUT2D eigenvalue weighted by atomic mass is 10.0. The molecule has 0 aliphatic carbocycles. The highest BCUT2D eigenvalue weighted by molar-refractivity contribution is 8.00. The van der Waals surface area contributed by atoms with Crippen LogP contribution in [0.15, 0.2) is 89.8 Å². The molecule has 0 fully saturated rings. The van der Waals surface area contributed by atoms with Gasteiger partial charge in [-0.15, -0.1) is 11.8 Å². The molecule has 2 heteroatoms. The van der Waals surface area contributed by atoms with Gasteiger partial charge in [0, 0.05) is 11.2 Å². The highest BCUT2D eigenvalue weighted by Gasteiger charge is 2.15. The topological polar surface area (TPSA) is 9.23 Å². The largest absolute Gasteiger partial charge is 0.481 e. The summed E-state index contributed by atoms with van der Waals surface area (Å²) in [6, 6.07) is 28.6. The van der Waals surface area contributed by atoms with Crippen LogP contribution in [-0.2, 0) is 0 Å². The standard InChI is InChI=1S/C20H17OS/c1-22-19-14-12-18(13-15-19)21-20(16-8-4-2-5-9-16)17-10-6-3-7-11-17/h2-15,20H,1H2. The van der Waals surface area contributed by atoms with Crippen molar-refractivity contribution in [3.8, 4) is 5.75 Å². The molecule has 0 N–H and O–H groups in total. The molecular weight excluding hydrogens is 288 g/mol. The van der Waals surface area contributed by atoms with E-state index in [4.69, 9.17) is 4.74 Å². The molecule has 22 heavy (non-hydrogen) atoms. The van der Waals surface area contributed by atoms with E-state index >= 15 is 0 Å². The first-order valence-electron chi connectivity index (χ1n) is 7.15. The molecular formula is C20H17OS. The van der Waals surface area contributed by atoms with Gasteiger partial charge in [0.15, 0.2) is 0 Å². The van der Waals surface area contributed by atoms with Gasteiger partial charge in [-0.05, 0) is 35.4 Å². The molecule has 0 atom stereocenters. The quantitative estimate of drug-likeness (QED) is 0.556. The first kappa shape index (κ1) is 14.7. The Hall–Kier alpha value is -2.19. The van der Waals surface area contributed by atoms with Crippen LogP contribution in [0.4, 0.5) is 0 Å². The summed E-state index contributed by atoms with van der Waals surface area (Å²) in [5.74, 6) is 0.857. The van der Waals surface area contributed by atoms with Gasteiger partial charge in [-0.3, -0.25) is 0 Å². The Kier molecular flexibility index (Phi) is 4.81. The van der Waals surface area contributed by atoms with Crippen molar-refractivity contribution in [1.29, 1.82) is 0 Å². The molecule has 3 rings (SSSR count). The average molecular weight is 305 g/mol. The molecule has 0 heterocycles. The minimum absolute atomic E-state index is 0.111. The molecule has 0 saturated carbocycles. The van der Waals surface area contributed by atoms with Crippen LogP contribution in [-0.4, -0.2) is 0 Å². The monoisotopic (exact) mass is 305 g/mol. The lowest BCUT2D eigenvalue weighted by Crippen LogP contribution is -2.09. The minimum Gasteiger partial charge on any atom is -0.481 e. The first-order valence-corrected chi connectivity index (χ1v) is 8.14. The molecule has 109 valence electrons. The van der Waals surface area contributed by atoms with Gasteiger partial charge in [-0.25, -0.2) is 0 Å². The summed E-state index contributed by atoms with van der Waals surface area (Å²) in [5, 5.41) is 0. The number of hydrogen-bond donors (Lipinski definition) is 0. The fourth-order valence-electron chi connectivity index (χ4n) is 2.33. The Morgan fingerprint density at radius 2 is 1.18 bits per heavy atom. The maximum atomic E-state index is 6.26. The molecule has 0 amide bonds. The zero-order valence-electron chi connectivity index (χ0n) is 12.2. The molecule has 1 radical (unpaired) electrons. The molecule has 0 aromatic heterocycles. The van der Waals surface area contributed by atoms with Crippen LogP contribution < -0.4 is 4.74 Å². The van der Waals surface area contributed by atoms with Crippen LogP contribution in [0.25, 0.3) is 0 Å². The second kappa shape index (κ2) is 7.19. The predicted octanol–water partition coefficient (Wildman–Crippen LogP) is 5.74. The Balaban J connectivity index is 1.91. The van der Waals surface area contributed by atoms with E-state index in [1.165, 1.54) is 11.8 Å². The summed E-state index contributed by atoms with van der Waals surface area (Å²) >= 11 is 1.48. The molecule has 0 spiro atoms. The van der Waals surface area contributed by atoms with Crippen LogP contribution in [0.5, 0.6) is 5.75 Å². The van der Waals surface area contributed by atoms with Gasteiger partial charge in [0.1, 0.15) is 11.9 Å². The van der Waals surface area contributed by atoms with Gasteiger partial charge >= 0.3 is 0 Å². The highest BCUT2D eigenvalue weighted by atomic mass is 32.2. The van der Waals surface area contributed by atoms with Crippen molar-refractivity contribution in [2.75, 3.05) is 0 Å². The van der Waals surface area contributed by atoms with Crippen LogP contribution in [0.1, 0.15) is 17.2 Å². The van der Waals surface area contributed by atoms with Crippen LogP contribution in [0, 0.1) is 6.26 Å². The zero-order valence-corrected chi connectivity index (χ0v) is 13.0. The zero-order chi connectivity index (χ0) is 15.2. The normalized spacial score (nSPS) is 10.6. The summed E-state index contributed by atoms with van der Waals surface area (Å²) in [6.07, 6.45) is 3.71. The van der Waals surface area contributed by atoms with Crippen molar-refractivity contribution in [2.45, 2.75) is 11.0 Å². The van der Waals surface area contributed by atoms with Gasteiger partial charge in [0.2, 0.25) is 0 Å². The maximum Gasteiger partial charge on any atom is 0.149 e. The summed E-state index contributed by atoms with van der Waals surface area (Å²) < 4.78 is 6.26. The lowest BCUT2D eigenvalue weighted by Gasteiger charge is -2.20. The average Bonchev–Trinajstić information content (AvgIpc) is 2.62. The number of benzene rings is 3. The van der Waals surface area contributed by atoms with Crippen molar-refractivity contribution in [1.82, 2.24) is 0 Å². The number of hydrogen-bond acceptors (Lipinski definition) is 2. The van der Waals surface area contributed by atoms with Gasteiger partial charge in [-0.1, -0.05) is 60.7 Å². The Morgan fingerprint density at radius 1 is 0.682 bits per heavy atom. The molecule has 0 bridgehead atoms. The van der Waals surface area contributed by atoms with Gasteiger partial charge in [-0.2, -0.15) is 0 Å². The third-order valence-corrected chi connectivity index (χ3v) is 4.05. The first-order chi connectivity index (χ1) is 10.9. The number of thioether (sulfide) groups is 1. The van der Waals surface area contributed by atoms with E-state index in [-0.39, 0.29) is 6.10 Å². The van der Waals surface area contributed by atoms with Gasteiger partial charge in [0.05, 0.1) is 0 Å². The minimum atomic E-state index is -0.111. The maximum absolute atomic E-state index is 6.26. The van der Waals surface area contributed by atoms with Crippen LogP contribution in [0.2, 0.25) is 0 Å².